The average Bonchev–Trinajstić information content (AvgIpc) is 2.60. The molecule has 0 aromatic heterocycles. The lowest BCUT2D eigenvalue weighted by atomic mass is 9.97. The molecule has 1 heterocycles. The zero-order chi connectivity index (χ0) is 19.6. The van der Waals surface area contributed by atoms with Crippen molar-refractivity contribution in [2.75, 3.05) is 52.1 Å². The predicted octanol–water partition coefficient (Wildman–Crippen LogP) is 0.899. The third-order valence-electron chi connectivity index (χ3n) is 4.40. The van der Waals surface area contributed by atoms with Crippen LogP contribution in [-0.4, -0.2) is 81.7 Å². The molecule has 1 aliphatic rings. The minimum absolute atomic E-state index is 0.0260. The maximum absolute atomic E-state index is 11.8. The lowest BCUT2D eigenvalue weighted by Crippen LogP contribution is -2.46. The lowest BCUT2D eigenvalue weighted by molar-refractivity contribution is -0.149. The van der Waals surface area contributed by atoms with E-state index in [4.69, 9.17) is 4.74 Å². The van der Waals surface area contributed by atoms with Gasteiger partial charge in [0.2, 0.25) is 10.0 Å². The van der Waals surface area contributed by atoms with Gasteiger partial charge in [-0.15, -0.1) is 0 Å². The maximum Gasteiger partial charge on any atom is 0.309 e. The SMILES string of the molecule is CCNC(=NCCCN(CC)S(C)(=O)=O)N1CCC(C(=O)OCC)CC1. The highest BCUT2D eigenvalue weighted by molar-refractivity contribution is 7.88. The summed E-state index contributed by atoms with van der Waals surface area (Å²) < 4.78 is 29.8. The molecule has 0 saturated carbocycles. The standard InChI is InChI=1S/C17H34N4O4S/c1-5-18-17(19-11-8-12-21(6-2)26(4,23)24)20-13-9-15(10-14-20)16(22)25-7-3/h15H,5-14H2,1-4H3,(H,18,19). The van der Waals surface area contributed by atoms with Gasteiger partial charge >= 0.3 is 5.97 Å². The van der Waals surface area contributed by atoms with Crippen molar-refractivity contribution < 1.29 is 17.9 Å². The maximum atomic E-state index is 11.8. The summed E-state index contributed by atoms with van der Waals surface area (Å²) in [5.74, 6) is 0.702. The minimum atomic E-state index is -3.15. The van der Waals surface area contributed by atoms with E-state index in [1.54, 1.807) is 0 Å². The predicted molar refractivity (Wildman–Crippen MR) is 104 cm³/mol. The molecule has 1 rings (SSSR count). The summed E-state index contributed by atoms with van der Waals surface area (Å²) in [7, 11) is -3.15. The molecule has 1 N–H and O–H groups in total. The second-order valence-electron chi connectivity index (χ2n) is 6.36. The van der Waals surface area contributed by atoms with E-state index in [1.807, 2.05) is 20.8 Å². The number of nitrogens with one attached hydrogen (secondary N) is 1. The highest BCUT2D eigenvalue weighted by atomic mass is 32.2. The van der Waals surface area contributed by atoms with E-state index < -0.39 is 10.0 Å². The van der Waals surface area contributed by atoms with Crippen molar-refractivity contribution in [1.82, 2.24) is 14.5 Å². The summed E-state index contributed by atoms with van der Waals surface area (Å²) in [5.41, 5.74) is 0. The molecule has 0 aromatic rings. The van der Waals surface area contributed by atoms with Crippen LogP contribution < -0.4 is 5.32 Å². The first-order valence-electron chi connectivity index (χ1n) is 9.48. The number of nitrogens with zero attached hydrogens (tertiary/aromatic N) is 3. The Kier molecular flexibility index (Phi) is 9.93. The molecule has 8 nitrogen and oxygen atoms in total. The van der Waals surface area contributed by atoms with Crippen LogP contribution in [0.3, 0.4) is 0 Å². The van der Waals surface area contributed by atoms with Gasteiger partial charge in [-0.2, -0.15) is 0 Å². The molecule has 1 fully saturated rings. The molecule has 0 aromatic carbocycles. The number of aliphatic imine (C=N–C) groups is 1. The number of ether oxygens (including phenoxy) is 1. The number of esters is 1. The van der Waals surface area contributed by atoms with E-state index >= 15 is 0 Å². The smallest absolute Gasteiger partial charge is 0.309 e. The number of likely N-dealkylation sites (tertiary alicyclic amines) is 1. The largest absolute Gasteiger partial charge is 0.466 e. The highest BCUT2D eigenvalue weighted by Gasteiger charge is 2.27. The van der Waals surface area contributed by atoms with Crippen molar-refractivity contribution in [3.8, 4) is 0 Å². The van der Waals surface area contributed by atoms with E-state index in [-0.39, 0.29) is 11.9 Å². The molecular formula is C17H34N4O4S. The number of rotatable bonds is 9. The zero-order valence-corrected chi connectivity index (χ0v) is 17.3. The molecule has 9 heteroatoms. The van der Waals surface area contributed by atoms with Gasteiger partial charge in [-0.3, -0.25) is 9.79 Å². The molecule has 0 atom stereocenters. The van der Waals surface area contributed by atoms with E-state index in [2.05, 4.69) is 15.2 Å². The van der Waals surface area contributed by atoms with E-state index in [1.165, 1.54) is 10.6 Å². The molecule has 1 aliphatic heterocycles. The van der Waals surface area contributed by atoms with Gasteiger partial charge in [-0.05, 0) is 33.1 Å². The van der Waals surface area contributed by atoms with Gasteiger partial charge in [0.05, 0.1) is 18.8 Å². The molecule has 0 spiro atoms. The second kappa shape index (κ2) is 11.4. The van der Waals surface area contributed by atoms with E-state index in [0.717, 1.165) is 38.4 Å². The van der Waals surface area contributed by atoms with Gasteiger partial charge in [0.25, 0.3) is 0 Å². The first-order chi connectivity index (χ1) is 12.3. The Morgan fingerprint density at radius 1 is 1.27 bits per heavy atom. The van der Waals surface area contributed by atoms with Crippen LogP contribution in [-0.2, 0) is 19.6 Å². The number of hydrogen-bond donors (Lipinski definition) is 1. The molecule has 0 amide bonds. The quantitative estimate of drug-likeness (QED) is 0.272. The van der Waals surface area contributed by atoms with Crippen LogP contribution in [0.25, 0.3) is 0 Å². The van der Waals surface area contributed by atoms with Gasteiger partial charge in [-0.25, -0.2) is 12.7 Å². The fourth-order valence-corrected chi connectivity index (χ4v) is 3.93. The molecule has 26 heavy (non-hydrogen) atoms. The van der Waals surface area contributed by atoms with Crippen molar-refractivity contribution in [2.45, 2.75) is 40.0 Å². The normalized spacial score (nSPS) is 16.8. The number of carbonyl (C=O) groups is 1. The number of sulfonamides is 1. The molecule has 152 valence electrons. The highest BCUT2D eigenvalue weighted by Crippen LogP contribution is 2.18. The van der Waals surface area contributed by atoms with E-state index in [0.29, 0.717) is 32.7 Å². The van der Waals surface area contributed by atoms with Gasteiger partial charge in [0.15, 0.2) is 5.96 Å². The topological polar surface area (TPSA) is 91.3 Å². The van der Waals surface area contributed by atoms with Crippen molar-refractivity contribution in [1.29, 1.82) is 0 Å². The third kappa shape index (κ3) is 7.49. The Bertz CT molecular complexity index is 557. The first-order valence-corrected chi connectivity index (χ1v) is 11.3. The molecule has 1 saturated heterocycles. The molecular weight excluding hydrogens is 356 g/mol. The Labute approximate surface area is 158 Å². The summed E-state index contributed by atoms with van der Waals surface area (Å²) >= 11 is 0. The van der Waals surface area contributed by atoms with Crippen LogP contribution in [0.1, 0.15) is 40.0 Å². The summed E-state index contributed by atoms with van der Waals surface area (Å²) in [6.45, 7) is 9.91. The number of hydrogen-bond acceptors (Lipinski definition) is 5. The average molecular weight is 391 g/mol. The van der Waals surface area contributed by atoms with Crippen LogP contribution in [0.4, 0.5) is 0 Å². The number of guanidine groups is 1. The Hall–Kier alpha value is -1.35. The zero-order valence-electron chi connectivity index (χ0n) is 16.5. The monoisotopic (exact) mass is 390 g/mol. The number of carbonyl (C=O) groups excluding carboxylic acids is 1. The summed E-state index contributed by atoms with van der Waals surface area (Å²) in [4.78, 5) is 18.6. The van der Waals surface area contributed by atoms with Crippen LogP contribution in [0, 0.1) is 5.92 Å². The van der Waals surface area contributed by atoms with Crippen LogP contribution >= 0.6 is 0 Å². The van der Waals surface area contributed by atoms with Gasteiger partial charge in [0.1, 0.15) is 0 Å². The molecule has 0 unspecified atom stereocenters. The minimum Gasteiger partial charge on any atom is -0.466 e. The Morgan fingerprint density at radius 3 is 2.42 bits per heavy atom. The van der Waals surface area contributed by atoms with Crippen LogP contribution in [0.5, 0.6) is 0 Å². The third-order valence-corrected chi connectivity index (χ3v) is 5.78. The summed E-state index contributed by atoms with van der Waals surface area (Å²) in [5, 5.41) is 3.28. The summed E-state index contributed by atoms with van der Waals surface area (Å²) in [6, 6.07) is 0. The van der Waals surface area contributed by atoms with Gasteiger partial charge < -0.3 is 15.0 Å². The summed E-state index contributed by atoms with van der Waals surface area (Å²) in [6.07, 6.45) is 3.44. The fraction of sp³-hybridized carbons (Fsp3) is 0.882. The lowest BCUT2D eigenvalue weighted by Gasteiger charge is -2.33. The van der Waals surface area contributed by atoms with Crippen molar-refractivity contribution in [3.63, 3.8) is 0 Å². The fourth-order valence-electron chi connectivity index (χ4n) is 3.00. The first kappa shape index (κ1) is 22.7. The van der Waals surface area contributed by atoms with Crippen LogP contribution in [0.2, 0.25) is 0 Å². The van der Waals surface area contributed by atoms with Crippen molar-refractivity contribution in [3.05, 3.63) is 0 Å². The van der Waals surface area contributed by atoms with Crippen LogP contribution in [0.15, 0.2) is 4.99 Å². The van der Waals surface area contributed by atoms with E-state index in [9.17, 15) is 13.2 Å². The van der Waals surface area contributed by atoms with Gasteiger partial charge in [0, 0.05) is 39.3 Å². The molecule has 0 aliphatic carbocycles. The molecule has 0 radical (unpaired) electrons. The second-order valence-corrected chi connectivity index (χ2v) is 8.34. The Balaban J connectivity index is 2.53. The van der Waals surface area contributed by atoms with Gasteiger partial charge in [-0.1, -0.05) is 6.92 Å². The number of piperidine rings is 1. The van der Waals surface area contributed by atoms with Crippen molar-refractivity contribution in [2.24, 2.45) is 10.9 Å². The Morgan fingerprint density at radius 2 is 1.92 bits per heavy atom. The molecule has 0 bridgehead atoms. The van der Waals surface area contributed by atoms with Crippen molar-refractivity contribution >= 4 is 22.0 Å².